The van der Waals surface area contributed by atoms with Crippen molar-refractivity contribution in [2.24, 2.45) is 0 Å². The van der Waals surface area contributed by atoms with Gasteiger partial charge < -0.3 is 9.47 Å². The summed E-state index contributed by atoms with van der Waals surface area (Å²) in [4.78, 5) is 19.0. The number of carbonyl (C=O) groups is 1. The number of halogens is 2. The summed E-state index contributed by atoms with van der Waals surface area (Å²) in [6.07, 6.45) is 2.56. The highest BCUT2D eigenvalue weighted by Crippen LogP contribution is 2.27. The van der Waals surface area contributed by atoms with Crippen molar-refractivity contribution in [1.29, 1.82) is 0 Å². The fourth-order valence-corrected chi connectivity index (χ4v) is 1.79. The zero-order valence-electron chi connectivity index (χ0n) is 9.76. The largest absolute Gasteiger partial charge is 0.464 e. The molecule has 0 spiro atoms. The summed E-state index contributed by atoms with van der Waals surface area (Å²) in [6.45, 7) is 0. The van der Waals surface area contributed by atoms with Gasteiger partial charge in [-0.05, 0) is 18.2 Å². The van der Waals surface area contributed by atoms with Gasteiger partial charge in [0.05, 0.1) is 19.5 Å². The van der Waals surface area contributed by atoms with E-state index in [1.165, 1.54) is 19.5 Å². The Balaban J connectivity index is 2.17. The number of hydrogen-bond acceptors (Lipinski definition) is 5. The quantitative estimate of drug-likeness (QED) is 0.813. The second-order valence-corrected chi connectivity index (χ2v) is 4.31. The third-order valence-corrected chi connectivity index (χ3v) is 2.52. The highest BCUT2D eigenvalue weighted by molar-refractivity contribution is 6.34. The van der Waals surface area contributed by atoms with Crippen molar-refractivity contribution in [3.63, 3.8) is 0 Å². The minimum atomic E-state index is -0.565. The molecule has 0 aliphatic heterocycles. The van der Waals surface area contributed by atoms with E-state index < -0.39 is 5.97 Å². The highest BCUT2D eigenvalue weighted by atomic mass is 35.5. The number of nitrogens with zero attached hydrogens (tertiary/aromatic N) is 2. The van der Waals surface area contributed by atoms with Crippen LogP contribution in [0.2, 0.25) is 10.0 Å². The van der Waals surface area contributed by atoms with E-state index in [4.69, 9.17) is 27.9 Å². The maximum Gasteiger partial charge on any atom is 0.358 e. The predicted octanol–water partition coefficient (Wildman–Crippen LogP) is 3.36. The van der Waals surface area contributed by atoms with Crippen molar-refractivity contribution in [3.05, 3.63) is 46.3 Å². The van der Waals surface area contributed by atoms with Gasteiger partial charge in [0.15, 0.2) is 5.69 Å². The lowest BCUT2D eigenvalue weighted by Crippen LogP contribution is -2.04. The zero-order chi connectivity index (χ0) is 13.8. The molecule has 7 heteroatoms. The van der Waals surface area contributed by atoms with Gasteiger partial charge in [0, 0.05) is 10.0 Å². The van der Waals surface area contributed by atoms with Crippen molar-refractivity contribution in [2.45, 2.75) is 0 Å². The maximum atomic E-state index is 11.2. The molecule has 0 unspecified atom stereocenters. The monoisotopic (exact) mass is 298 g/mol. The van der Waals surface area contributed by atoms with Gasteiger partial charge >= 0.3 is 5.97 Å². The number of hydrogen-bond donors (Lipinski definition) is 0. The molecular weight excluding hydrogens is 291 g/mol. The van der Waals surface area contributed by atoms with Gasteiger partial charge in [-0.1, -0.05) is 23.2 Å². The molecule has 0 atom stereocenters. The molecule has 0 aliphatic rings. The van der Waals surface area contributed by atoms with Crippen LogP contribution in [0.3, 0.4) is 0 Å². The summed E-state index contributed by atoms with van der Waals surface area (Å²) in [7, 11) is 1.27. The van der Waals surface area contributed by atoms with E-state index in [-0.39, 0.29) is 11.6 Å². The van der Waals surface area contributed by atoms with Crippen LogP contribution in [0.25, 0.3) is 0 Å². The normalized spacial score (nSPS) is 10.1. The van der Waals surface area contributed by atoms with Gasteiger partial charge in [-0.3, -0.25) is 0 Å². The van der Waals surface area contributed by atoms with Crippen LogP contribution in [0, 0.1) is 0 Å². The Labute approximate surface area is 119 Å². The first-order chi connectivity index (χ1) is 9.08. The Morgan fingerprint density at radius 1 is 1.11 bits per heavy atom. The molecule has 0 saturated heterocycles. The van der Waals surface area contributed by atoms with E-state index in [0.29, 0.717) is 15.8 Å². The minimum Gasteiger partial charge on any atom is -0.464 e. The molecule has 1 heterocycles. The van der Waals surface area contributed by atoms with Crippen LogP contribution in [0.5, 0.6) is 11.6 Å². The average molecular weight is 299 g/mol. The molecule has 0 radical (unpaired) electrons. The summed E-state index contributed by atoms with van der Waals surface area (Å²) in [5.41, 5.74) is 0.0963. The molecule has 0 bridgehead atoms. The van der Waals surface area contributed by atoms with Crippen LogP contribution < -0.4 is 4.74 Å². The van der Waals surface area contributed by atoms with Gasteiger partial charge in [-0.25, -0.2) is 14.8 Å². The second-order valence-electron chi connectivity index (χ2n) is 3.44. The van der Waals surface area contributed by atoms with Gasteiger partial charge in [-0.15, -0.1) is 0 Å². The van der Waals surface area contributed by atoms with E-state index in [2.05, 4.69) is 14.7 Å². The fourth-order valence-electron chi connectivity index (χ4n) is 1.29. The molecule has 1 aromatic carbocycles. The average Bonchev–Trinajstić information content (AvgIpc) is 2.37. The maximum absolute atomic E-state index is 11.2. The molecule has 0 saturated carbocycles. The molecule has 0 N–H and O–H groups in total. The Kier molecular flexibility index (Phi) is 4.19. The van der Waals surface area contributed by atoms with Crippen LogP contribution in [-0.2, 0) is 4.74 Å². The number of esters is 1. The number of aromatic nitrogens is 2. The number of methoxy groups -OCH3 is 1. The Morgan fingerprint density at radius 3 is 2.32 bits per heavy atom. The molecule has 2 aromatic rings. The van der Waals surface area contributed by atoms with E-state index >= 15 is 0 Å². The number of carbonyl (C=O) groups excluding carboxylic acids is 1. The first-order valence-electron chi connectivity index (χ1n) is 5.13. The Hall–Kier alpha value is -1.85. The summed E-state index contributed by atoms with van der Waals surface area (Å²) >= 11 is 11.7. The van der Waals surface area contributed by atoms with Crippen molar-refractivity contribution in [2.75, 3.05) is 7.11 Å². The summed E-state index contributed by atoms with van der Waals surface area (Å²) in [5.74, 6) is 0.0773. The van der Waals surface area contributed by atoms with Crippen LogP contribution >= 0.6 is 23.2 Å². The number of ether oxygens (including phenoxy) is 2. The summed E-state index contributed by atoms with van der Waals surface area (Å²) in [6, 6.07) is 4.76. The van der Waals surface area contributed by atoms with E-state index in [1.54, 1.807) is 18.2 Å². The minimum absolute atomic E-state index is 0.0963. The van der Waals surface area contributed by atoms with E-state index in [9.17, 15) is 4.79 Å². The summed E-state index contributed by atoms with van der Waals surface area (Å²) < 4.78 is 9.92. The van der Waals surface area contributed by atoms with E-state index in [1.807, 2.05) is 0 Å². The molecule has 0 aliphatic carbocycles. The van der Waals surface area contributed by atoms with E-state index in [0.717, 1.165) is 0 Å². The highest BCUT2D eigenvalue weighted by Gasteiger charge is 2.08. The molecule has 19 heavy (non-hydrogen) atoms. The van der Waals surface area contributed by atoms with Crippen molar-refractivity contribution in [3.8, 4) is 11.6 Å². The number of benzene rings is 1. The molecule has 1 aromatic heterocycles. The molecule has 0 amide bonds. The smallest absolute Gasteiger partial charge is 0.358 e. The van der Waals surface area contributed by atoms with Crippen molar-refractivity contribution < 1.29 is 14.3 Å². The lowest BCUT2D eigenvalue weighted by atomic mass is 10.3. The number of rotatable bonds is 3. The standard InChI is InChI=1S/C12H8Cl2N2O3/c1-18-12(17)10-5-16-11(6-15-10)19-9-3-7(13)2-8(14)4-9/h2-6H,1H3. The van der Waals surface area contributed by atoms with Gasteiger partial charge in [-0.2, -0.15) is 0 Å². The molecule has 5 nitrogen and oxygen atoms in total. The predicted molar refractivity (Wildman–Crippen MR) is 69.9 cm³/mol. The Morgan fingerprint density at radius 2 is 1.79 bits per heavy atom. The first kappa shape index (κ1) is 13.6. The molecule has 0 fully saturated rings. The SMILES string of the molecule is COC(=O)c1cnc(Oc2cc(Cl)cc(Cl)c2)cn1. The third kappa shape index (κ3) is 3.56. The van der Waals surface area contributed by atoms with Gasteiger partial charge in [0.2, 0.25) is 5.88 Å². The van der Waals surface area contributed by atoms with Crippen LogP contribution in [-0.4, -0.2) is 23.0 Å². The van der Waals surface area contributed by atoms with Crippen LogP contribution in [0.4, 0.5) is 0 Å². The van der Waals surface area contributed by atoms with Crippen LogP contribution in [0.15, 0.2) is 30.6 Å². The molecule has 2 rings (SSSR count). The fraction of sp³-hybridized carbons (Fsp3) is 0.0833. The van der Waals surface area contributed by atoms with Gasteiger partial charge in [0.1, 0.15) is 5.75 Å². The van der Waals surface area contributed by atoms with Crippen LogP contribution in [0.1, 0.15) is 10.5 Å². The molecule has 98 valence electrons. The summed E-state index contributed by atoms with van der Waals surface area (Å²) in [5, 5.41) is 0.892. The Bertz CT molecular complexity index is 582. The lowest BCUT2D eigenvalue weighted by molar-refractivity contribution is 0.0593. The zero-order valence-corrected chi connectivity index (χ0v) is 11.3. The van der Waals surface area contributed by atoms with Crippen molar-refractivity contribution in [1.82, 2.24) is 9.97 Å². The van der Waals surface area contributed by atoms with Crippen molar-refractivity contribution >= 4 is 29.2 Å². The second kappa shape index (κ2) is 5.86. The third-order valence-electron chi connectivity index (χ3n) is 2.08. The first-order valence-corrected chi connectivity index (χ1v) is 5.88. The topological polar surface area (TPSA) is 61.3 Å². The van der Waals surface area contributed by atoms with Gasteiger partial charge in [0.25, 0.3) is 0 Å². The molecular formula is C12H8Cl2N2O3. The lowest BCUT2D eigenvalue weighted by Gasteiger charge is -2.05.